The Morgan fingerprint density at radius 1 is 1.42 bits per heavy atom. The number of ether oxygens (including phenoxy) is 1. The normalized spacial score (nSPS) is 12.3. The van der Waals surface area contributed by atoms with Crippen LogP contribution >= 0.6 is 0 Å². The van der Waals surface area contributed by atoms with Crippen molar-refractivity contribution in [2.45, 2.75) is 32.8 Å². The molecule has 0 aliphatic heterocycles. The van der Waals surface area contributed by atoms with E-state index in [4.69, 9.17) is 15.9 Å². The highest BCUT2D eigenvalue weighted by Crippen LogP contribution is 2.23. The van der Waals surface area contributed by atoms with Gasteiger partial charge in [0.25, 0.3) is 0 Å². The highest BCUT2D eigenvalue weighted by Gasteiger charge is 2.13. The average molecular weight is 257 g/mol. The second kappa shape index (κ2) is 5.69. The van der Waals surface area contributed by atoms with Crippen LogP contribution in [-0.2, 0) is 0 Å². The van der Waals surface area contributed by atoms with Gasteiger partial charge in [-0.3, -0.25) is 5.41 Å². The van der Waals surface area contributed by atoms with Crippen molar-refractivity contribution in [1.82, 2.24) is 4.98 Å². The minimum absolute atomic E-state index is 0.0167. The Labute approximate surface area is 113 Å². The molecule has 1 aromatic carbocycles. The number of rotatable bonds is 5. The summed E-state index contributed by atoms with van der Waals surface area (Å²) in [4.78, 5) is 4.48. The lowest BCUT2D eigenvalue weighted by atomic mass is 10.1. The molecule has 0 aliphatic rings. The third kappa shape index (κ3) is 3.02. The van der Waals surface area contributed by atoms with Crippen molar-refractivity contribution in [2.75, 3.05) is 0 Å². The number of hydrogen-bond acceptors (Lipinski definition) is 3. The number of nitrogens with one attached hydrogen (secondary N) is 1. The van der Waals surface area contributed by atoms with Gasteiger partial charge in [0.2, 0.25) is 5.88 Å². The Morgan fingerprint density at radius 3 is 2.84 bits per heavy atom. The maximum absolute atomic E-state index is 7.66. The lowest BCUT2D eigenvalue weighted by Crippen LogP contribution is -2.18. The Balaban J connectivity index is 2.44. The Morgan fingerprint density at radius 2 is 2.16 bits per heavy atom. The largest absolute Gasteiger partial charge is 0.474 e. The van der Waals surface area contributed by atoms with Gasteiger partial charge in [-0.05, 0) is 25.5 Å². The van der Waals surface area contributed by atoms with Crippen LogP contribution in [0.2, 0.25) is 0 Å². The molecule has 1 heterocycles. The molecule has 1 aromatic heterocycles. The van der Waals surface area contributed by atoms with Crippen molar-refractivity contribution in [1.29, 1.82) is 5.41 Å². The lowest BCUT2D eigenvalue weighted by molar-refractivity contribution is 0.202. The highest BCUT2D eigenvalue weighted by molar-refractivity contribution is 6.00. The second-order valence-corrected chi connectivity index (χ2v) is 4.66. The second-order valence-electron chi connectivity index (χ2n) is 4.66. The third-order valence-electron chi connectivity index (χ3n) is 2.99. The first kappa shape index (κ1) is 13.3. The van der Waals surface area contributed by atoms with E-state index in [0.29, 0.717) is 11.4 Å². The zero-order valence-corrected chi connectivity index (χ0v) is 11.3. The van der Waals surface area contributed by atoms with Gasteiger partial charge in [-0.25, -0.2) is 4.98 Å². The van der Waals surface area contributed by atoms with Crippen molar-refractivity contribution >= 4 is 16.7 Å². The van der Waals surface area contributed by atoms with Gasteiger partial charge in [-0.1, -0.05) is 31.5 Å². The first-order valence-electron chi connectivity index (χ1n) is 6.52. The van der Waals surface area contributed by atoms with E-state index in [1.54, 1.807) is 0 Å². The van der Waals surface area contributed by atoms with E-state index in [1.165, 1.54) is 0 Å². The Hall–Kier alpha value is -2.10. The summed E-state index contributed by atoms with van der Waals surface area (Å²) < 4.78 is 5.82. The minimum atomic E-state index is -0.0167. The summed E-state index contributed by atoms with van der Waals surface area (Å²) >= 11 is 0. The number of hydrogen-bond donors (Lipinski definition) is 2. The van der Waals surface area contributed by atoms with Crippen LogP contribution in [-0.4, -0.2) is 16.9 Å². The van der Waals surface area contributed by atoms with Crippen LogP contribution in [0.4, 0.5) is 0 Å². The molecule has 100 valence electrons. The number of amidine groups is 1. The molecule has 2 rings (SSSR count). The molecule has 0 bridgehead atoms. The average Bonchev–Trinajstić information content (AvgIpc) is 2.38. The summed E-state index contributed by atoms with van der Waals surface area (Å²) in [5, 5.41) is 8.62. The Kier molecular flexibility index (Phi) is 4.00. The molecule has 19 heavy (non-hydrogen) atoms. The minimum Gasteiger partial charge on any atom is -0.474 e. The van der Waals surface area contributed by atoms with E-state index in [2.05, 4.69) is 11.9 Å². The van der Waals surface area contributed by atoms with E-state index < -0.39 is 0 Å². The fourth-order valence-corrected chi connectivity index (χ4v) is 2.04. The predicted molar refractivity (Wildman–Crippen MR) is 77.8 cm³/mol. The van der Waals surface area contributed by atoms with Gasteiger partial charge < -0.3 is 10.5 Å². The molecular weight excluding hydrogens is 238 g/mol. The van der Waals surface area contributed by atoms with Crippen LogP contribution in [0.1, 0.15) is 32.3 Å². The first-order chi connectivity index (χ1) is 9.11. The molecule has 1 atom stereocenters. The third-order valence-corrected chi connectivity index (χ3v) is 2.99. The molecule has 3 N–H and O–H groups in total. The molecular formula is C15H19N3O. The van der Waals surface area contributed by atoms with E-state index in [9.17, 15) is 0 Å². The van der Waals surface area contributed by atoms with Crippen LogP contribution < -0.4 is 10.5 Å². The molecule has 1 unspecified atom stereocenters. The lowest BCUT2D eigenvalue weighted by Gasteiger charge is -2.16. The summed E-state index contributed by atoms with van der Waals surface area (Å²) in [5.74, 6) is 0.434. The maximum Gasteiger partial charge on any atom is 0.225 e. The molecule has 0 aliphatic carbocycles. The van der Waals surface area contributed by atoms with Crippen molar-refractivity contribution in [3.8, 4) is 5.88 Å². The van der Waals surface area contributed by atoms with E-state index in [-0.39, 0.29) is 11.9 Å². The fourth-order valence-electron chi connectivity index (χ4n) is 2.04. The standard InChI is InChI=1S/C15H19N3O/c1-3-6-10(2)19-15-12(14(16)17)9-11-7-4-5-8-13(11)18-15/h4-5,7-10H,3,6H2,1-2H3,(H3,16,17). The van der Waals surface area contributed by atoms with Crippen LogP contribution in [0, 0.1) is 5.41 Å². The first-order valence-corrected chi connectivity index (χ1v) is 6.52. The Bertz CT molecular complexity index is 595. The summed E-state index contributed by atoms with van der Waals surface area (Å²) in [7, 11) is 0. The van der Waals surface area contributed by atoms with E-state index >= 15 is 0 Å². The summed E-state index contributed by atoms with van der Waals surface area (Å²) in [6.45, 7) is 4.11. The molecule has 0 saturated carbocycles. The number of para-hydroxylation sites is 1. The van der Waals surface area contributed by atoms with Gasteiger partial charge >= 0.3 is 0 Å². The molecule has 2 aromatic rings. The topological polar surface area (TPSA) is 72.0 Å². The van der Waals surface area contributed by atoms with Crippen molar-refractivity contribution in [2.24, 2.45) is 5.73 Å². The van der Waals surface area contributed by atoms with Gasteiger partial charge in [-0.15, -0.1) is 0 Å². The maximum atomic E-state index is 7.66. The molecule has 0 fully saturated rings. The molecule has 4 heteroatoms. The predicted octanol–water partition coefficient (Wildman–Crippen LogP) is 3.09. The van der Waals surface area contributed by atoms with Crippen LogP contribution in [0.3, 0.4) is 0 Å². The summed E-state index contributed by atoms with van der Waals surface area (Å²) in [5.41, 5.74) is 7.03. The van der Waals surface area contributed by atoms with Gasteiger partial charge in [-0.2, -0.15) is 0 Å². The van der Waals surface area contributed by atoms with Gasteiger partial charge in [0.05, 0.1) is 17.2 Å². The SMILES string of the molecule is CCCC(C)Oc1nc2ccccc2cc1C(=N)N. The monoisotopic (exact) mass is 257 g/mol. The van der Waals surface area contributed by atoms with Gasteiger partial charge in [0.1, 0.15) is 5.84 Å². The van der Waals surface area contributed by atoms with Crippen LogP contribution in [0.15, 0.2) is 30.3 Å². The van der Waals surface area contributed by atoms with Gasteiger partial charge in [0.15, 0.2) is 0 Å². The number of benzene rings is 1. The highest BCUT2D eigenvalue weighted by atomic mass is 16.5. The van der Waals surface area contributed by atoms with Crippen molar-refractivity contribution < 1.29 is 4.74 Å². The van der Waals surface area contributed by atoms with E-state index in [0.717, 1.165) is 23.7 Å². The molecule has 0 amide bonds. The van der Waals surface area contributed by atoms with E-state index in [1.807, 2.05) is 37.3 Å². The zero-order valence-electron chi connectivity index (χ0n) is 11.3. The zero-order chi connectivity index (χ0) is 13.8. The number of pyridine rings is 1. The van der Waals surface area contributed by atoms with Crippen molar-refractivity contribution in [3.63, 3.8) is 0 Å². The fraction of sp³-hybridized carbons (Fsp3) is 0.333. The van der Waals surface area contributed by atoms with Crippen molar-refractivity contribution in [3.05, 3.63) is 35.9 Å². The smallest absolute Gasteiger partial charge is 0.225 e. The molecule has 4 nitrogen and oxygen atoms in total. The molecule has 0 radical (unpaired) electrons. The van der Waals surface area contributed by atoms with Gasteiger partial charge in [0, 0.05) is 5.39 Å². The number of fused-ring (bicyclic) bond motifs is 1. The number of nitrogen functional groups attached to an aromatic ring is 1. The number of aromatic nitrogens is 1. The number of nitrogens with two attached hydrogens (primary N) is 1. The summed E-state index contributed by atoms with van der Waals surface area (Å²) in [6, 6.07) is 9.61. The molecule has 0 saturated heterocycles. The van der Waals surface area contributed by atoms with Crippen LogP contribution in [0.5, 0.6) is 5.88 Å². The quantitative estimate of drug-likeness (QED) is 0.638. The van der Waals surface area contributed by atoms with Crippen LogP contribution in [0.25, 0.3) is 10.9 Å². The summed E-state index contributed by atoms with van der Waals surface area (Å²) in [6.07, 6.45) is 2.06. The molecule has 0 spiro atoms. The number of nitrogens with zero attached hydrogens (tertiary/aromatic N) is 1.